The van der Waals surface area contributed by atoms with Gasteiger partial charge in [-0.2, -0.15) is 0 Å². The second-order valence-electron chi connectivity index (χ2n) is 6.02. The lowest BCUT2D eigenvalue weighted by Crippen LogP contribution is -2.50. The van der Waals surface area contributed by atoms with Gasteiger partial charge in [0.15, 0.2) is 0 Å². The van der Waals surface area contributed by atoms with E-state index in [9.17, 15) is 9.90 Å². The number of aromatic amines is 1. The van der Waals surface area contributed by atoms with Gasteiger partial charge in [-0.1, -0.05) is 18.2 Å². The Kier molecular flexibility index (Phi) is 4.82. The number of rotatable bonds is 4. The van der Waals surface area contributed by atoms with Gasteiger partial charge in [0.25, 0.3) is 5.91 Å². The first kappa shape index (κ1) is 16.5. The Hall–Kier alpha value is -2.38. The number of carbonyl (C=O) groups excluding carboxylic acids is 1. The lowest BCUT2D eigenvalue weighted by molar-refractivity contribution is -0.0622. The van der Waals surface area contributed by atoms with E-state index in [1.165, 1.54) is 12.5 Å². The highest BCUT2D eigenvalue weighted by Gasteiger charge is 2.36. The van der Waals surface area contributed by atoms with E-state index in [2.05, 4.69) is 9.97 Å². The average molecular weight is 331 g/mol. The molecule has 1 aromatic carbocycles. The van der Waals surface area contributed by atoms with Crippen molar-refractivity contribution in [3.63, 3.8) is 0 Å². The van der Waals surface area contributed by atoms with E-state index in [4.69, 9.17) is 9.47 Å². The smallest absolute Gasteiger partial charge is 0.272 e. The van der Waals surface area contributed by atoms with Gasteiger partial charge in [0.1, 0.15) is 23.7 Å². The number of hydrogen-bond donors (Lipinski definition) is 2. The second kappa shape index (κ2) is 7.02. The van der Waals surface area contributed by atoms with Crippen molar-refractivity contribution in [2.24, 2.45) is 0 Å². The zero-order chi connectivity index (χ0) is 17.0. The van der Waals surface area contributed by atoms with E-state index in [1.807, 2.05) is 31.2 Å². The molecule has 0 saturated carbocycles. The lowest BCUT2D eigenvalue weighted by atomic mass is 10.1. The SMILES string of the molecule is Cc1ccccc1OC[C@@]1(O)COCCN(C(=O)c2cnc[nH]2)C1. The number of ether oxygens (including phenoxy) is 2. The summed E-state index contributed by atoms with van der Waals surface area (Å²) in [6.45, 7) is 3.01. The number of β-amino-alcohol motifs (C(OH)–C–C–N with tert-alkyl or cyclic N) is 1. The predicted octanol–water partition coefficient (Wildman–Crippen LogP) is 1.00. The fourth-order valence-corrected chi connectivity index (χ4v) is 2.65. The fourth-order valence-electron chi connectivity index (χ4n) is 2.65. The number of para-hydroxylation sites is 1. The molecule has 1 atom stereocenters. The van der Waals surface area contributed by atoms with Crippen LogP contribution >= 0.6 is 0 Å². The summed E-state index contributed by atoms with van der Waals surface area (Å²) in [4.78, 5) is 20.7. The number of carbonyl (C=O) groups is 1. The number of aromatic nitrogens is 2. The van der Waals surface area contributed by atoms with Crippen LogP contribution in [0.5, 0.6) is 5.75 Å². The molecular weight excluding hydrogens is 310 g/mol. The second-order valence-corrected chi connectivity index (χ2v) is 6.02. The highest BCUT2D eigenvalue weighted by molar-refractivity contribution is 5.92. The van der Waals surface area contributed by atoms with Crippen molar-refractivity contribution in [1.29, 1.82) is 0 Å². The molecule has 2 N–H and O–H groups in total. The summed E-state index contributed by atoms with van der Waals surface area (Å²) in [6, 6.07) is 7.60. The van der Waals surface area contributed by atoms with Crippen molar-refractivity contribution >= 4 is 5.91 Å². The third-order valence-electron chi connectivity index (χ3n) is 3.97. The number of nitrogens with zero attached hydrogens (tertiary/aromatic N) is 2. The molecule has 2 aromatic rings. The van der Waals surface area contributed by atoms with Crippen molar-refractivity contribution in [2.45, 2.75) is 12.5 Å². The van der Waals surface area contributed by atoms with E-state index < -0.39 is 5.60 Å². The van der Waals surface area contributed by atoms with Crippen LogP contribution in [0.3, 0.4) is 0 Å². The normalized spacial score (nSPS) is 21.3. The number of hydrogen-bond acceptors (Lipinski definition) is 5. The minimum absolute atomic E-state index is 0.0462. The first-order valence-corrected chi connectivity index (χ1v) is 7.84. The molecule has 1 amide bonds. The summed E-state index contributed by atoms with van der Waals surface area (Å²) in [6.07, 6.45) is 2.92. The molecule has 2 heterocycles. The van der Waals surface area contributed by atoms with Gasteiger partial charge in [0, 0.05) is 6.54 Å². The molecule has 1 fully saturated rings. The molecule has 0 radical (unpaired) electrons. The van der Waals surface area contributed by atoms with E-state index in [0.717, 1.165) is 5.56 Å². The maximum absolute atomic E-state index is 12.5. The van der Waals surface area contributed by atoms with Gasteiger partial charge in [-0.05, 0) is 18.6 Å². The molecule has 3 rings (SSSR count). The van der Waals surface area contributed by atoms with E-state index >= 15 is 0 Å². The maximum atomic E-state index is 12.5. The first-order valence-electron chi connectivity index (χ1n) is 7.84. The molecule has 1 aromatic heterocycles. The molecule has 0 spiro atoms. The van der Waals surface area contributed by atoms with Crippen LogP contribution in [0.4, 0.5) is 0 Å². The van der Waals surface area contributed by atoms with Gasteiger partial charge in [-0.25, -0.2) is 4.98 Å². The van der Waals surface area contributed by atoms with Gasteiger partial charge in [0.2, 0.25) is 0 Å². The van der Waals surface area contributed by atoms with Crippen LogP contribution in [0.15, 0.2) is 36.8 Å². The van der Waals surface area contributed by atoms with Crippen molar-refractivity contribution in [2.75, 3.05) is 32.9 Å². The van der Waals surface area contributed by atoms with Crippen molar-refractivity contribution in [3.05, 3.63) is 48.0 Å². The number of nitrogens with one attached hydrogen (secondary N) is 1. The number of aryl methyl sites for hydroxylation is 1. The molecule has 0 aliphatic carbocycles. The summed E-state index contributed by atoms with van der Waals surface area (Å²) in [5, 5.41) is 10.9. The van der Waals surface area contributed by atoms with E-state index in [0.29, 0.717) is 24.6 Å². The number of amides is 1. The maximum Gasteiger partial charge on any atom is 0.272 e. The highest BCUT2D eigenvalue weighted by atomic mass is 16.5. The highest BCUT2D eigenvalue weighted by Crippen LogP contribution is 2.20. The van der Waals surface area contributed by atoms with Crippen molar-refractivity contribution < 1.29 is 19.4 Å². The molecule has 1 aliphatic heterocycles. The van der Waals surface area contributed by atoms with E-state index in [1.54, 1.807) is 4.90 Å². The van der Waals surface area contributed by atoms with Crippen LogP contribution in [0.1, 0.15) is 16.1 Å². The zero-order valence-electron chi connectivity index (χ0n) is 13.6. The Morgan fingerprint density at radius 1 is 1.50 bits per heavy atom. The number of imidazole rings is 1. The Bertz CT molecular complexity index is 689. The van der Waals surface area contributed by atoms with Gasteiger partial charge in [-0.3, -0.25) is 4.79 Å². The van der Waals surface area contributed by atoms with Crippen LogP contribution in [0.25, 0.3) is 0 Å². The summed E-state index contributed by atoms with van der Waals surface area (Å²) >= 11 is 0. The molecule has 24 heavy (non-hydrogen) atoms. The van der Waals surface area contributed by atoms with Crippen molar-refractivity contribution in [3.8, 4) is 5.75 Å². The van der Waals surface area contributed by atoms with Crippen LogP contribution < -0.4 is 4.74 Å². The lowest BCUT2D eigenvalue weighted by Gasteiger charge is -2.30. The molecule has 128 valence electrons. The molecule has 0 unspecified atom stereocenters. The van der Waals surface area contributed by atoms with Crippen LogP contribution in [-0.4, -0.2) is 64.4 Å². The van der Waals surface area contributed by atoms with Crippen molar-refractivity contribution in [1.82, 2.24) is 14.9 Å². The Morgan fingerprint density at radius 2 is 2.33 bits per heavy atom. The molecule has 7 heteroatoms. The summed E-state index contributed by atoms with van der Waals surface area (Å²) in [7, 11) is 0. The zero-order valence-corrected chi connectivity index (χ0v) is 13.6. The van der Waals surface area contributed by atoms with Gasteiger partial charge < -0.3 is 24.5 Å². The minimum Gasteiger partial charge on any atom is -0.490 e. The average Bonchev–Trinajstić information content (AvgIpc) is 3.04. The van der Waals surface area contributed by atoms with Gasteiger partial charge in [0.05, 0.1) is 32.3 Å². The third-order valence-corrected chi connectivity index (χ3v) is 3.97. The molecular formula is C17H21N3O4. The van der Waals surface area contributed by atoms with Crippen LogP contribution in [-0.2, 0) is 4.74 Å². The monoisotopic (exact) mass is 331 g/mol. The summed E-state index contributed by atoms with van der Waals surface area (Å²) in [5.41, 5.74) is 0.106. The number of H-pyrrole nitrogens is 1. The number of aliphatic hydroxyl groups is 1. The first-order chi connectivity index (χ1) is 11.6. The summed E-state index contributed by atoms with van der Waals surface area (Å²) < 4.78 is 11.2. The van der Waals surface area contributed by atoms with Crippen LogP contribution in [0, 0.1) is 6.92 Å². The third kappa shape index (κ3) is 3.74. The number of benzene rings is 1. The molecule has 7 nitrogen and oxygen atoms in total. The van der Waals surface area contributed by atoms with Gasteiger partial charge in [-0.15, -0.1) is 0 Å². The molecule has 1 aliphatic rings. The Labute approximate surface area is 140 Å². The Balaban J connectivity index is 1.69. The minimum atomic E-state index is -1.27. The standard InChI is InChI=1S/C17H21N3O4/c1-13-4-2-3-5-15(13)24-11-17(22)9-20(6-7-23-10-17)16(21)14-8-18-12-19-14/h2-5,8,12,22H,6-7,9-11H2,1H3,(H,18,19)/t17-/m0/s1. The summed E-state index contributed by atoms with van der Waals surface area (Å²) in [5.74, 6) is 0.494. The molecule has 1 saturated heterocycles. The van der Waals surface area contributed by atoms with E-state index in [-0.39, 0.29) is 25.7 Å². The van der Waals surface area contributed by atoms with Crippen LogP contribution in [0.2, 0.25) is 0 Å². The topological polar surface area (TPSA) is 87.7 Å². The predicted molar refractivity (Wildman–Crippen MR) is 86.9 cm³/mol. The van der Waals surface area contributed by atoms with Gasteiger partial charge >= 0.3 is 0 Å². The fraction of sp³-hybridized carbons (Fsp3) is 0.412. The Morgan fingerprint density at radius 3 is 3.08 bits per heavy atom. The molecule has 0 bridgehead atoms. The quantitative estimate of drug-likeness (QED) is 0.873. The largest absolute Gasteiger partial charge is 0.490 e.